The fraction of sp³-hybridized carbons (Fsp3) is 0.273. The second-order valence-electron chi connectivity index (χ2n) is 3.88. The summed E-state index contributed by atoms with van der Waals surface area (Å²) in [5.74, 6) is 0. The minimum absolute atomic E-state index is 0.0700. The fourth-order valence-corrected chi connectivity index (χ4v) is 3.79. The van der Waals surface area contributed by atoms with Gasteiger partial charge in [0.05, 0.1) is 5.39 Å². The van der Waals surface area contributed by atoms with Gasteiger partial charge >= 0.3 is 0 Å². The molecular formula is C11H10N2OS2. The lowest BCUT2D eigenvalue weighted by Crippen LogP contribution is -2.14. The Morgan fingerprint density at radius 1 is 1.31 bits per heavy atom. The Kier molecular flexibility index (Phi) is 1.96. The number of hydrogen-bond donors (Lipinski definition) is 0. The number of fused-ring (bicyclic) bond motifs is 2. The van der Waals surface area contributed by atoms with Gasteiger partial charge in [-0.3, -0.25) is 9.20 Å². The van der Waals surface area contributed by atoms with Crippen LogP contribution in [-0.2, 0) is 0 Å². The van der Waals surface area contributed by atoms with Gasteiger partial charge in [-0.15, -0.1) is 22.7 Å². The van der Waals surface area contributed by atoms with E-state index < -0.39 is 0 Å². The van der Waals surface area contributed by atoms with Crippen molar-refractivity contribution in [3.8, 4) is 0 Å². The number of hydrogen-bond acceptors (Lipinski definition) is 4. The molecule has 3 heterocycles. The number of aromatic nitrogens is 2. The summed E-state index contributed by atoms with van der Waals surface area (Å²) >= 11 is 3.12. The molecule has 0 aliphatic heterocycles. The maximum absolute atomic E-state index is 12.3. The Balaban J connectivity index is 2.69. The van der Waals surface area contributed by atoms with Crippen molar-refractivity contribution >= 4 is 37.9 Å². The van der Waals surface area contributed by atoms with Crippen LogP contribution >= 0.6 is 22.7 Å². The molecule has 3 nitrogen and oxygen atoms in total. The third kappa shape index (κ3) is 1.13. The van der Waals surface area contributed by atoms with Crippen LogP contribution in [0.3, 0.4) is 0 Å². The van der Waals surface area contributed by atoms with Gasteiger partial charge in [0.25, 0.3) is 5.56 Å². The highest BCUT2D eigenvalue weighted by molar-refractivity contribution is 7.19. The molecule has 0 unspecified atom stereocenters. The first-order valence-corrected chi connectivity index (χ1v) is 6.66. The summed E-state index contributed by atoms with van der Waals surface area (Å²) < 4.78 is 1.70. The lowest BCUT2D eigenvalue weighted by Gasteiger charge is -1.96. The molecule has 0 aliphatic carbocycles. The maximum atomic E-state index is 12.3. The van der Waals surface area contributed by atoms with Crippen LogP contribution < -0.4 is 5.56 Å². The summed E-state index contributed by atoms with van der Waals surface area (Å²) in [5.41, 5.74) is 2.10. The molecular weight excluding hydrogens is 240 g/mol. The Labute approximate surface area is 100.0 Å². The maximum Gasteiger partial charge on any atom is 0.267 e. The average Bonchev–Trinajstić information content (AvgIpc) is 2.71. The molecule has 0 radical (unpaired) electrons. The van der Waals surface area contributed by atoms with Crippen molar-refractivity contribution in [1.82, 2.24) is 9.38 Å². The lowest BCUT2D eigenvalue weighted by molar-refractivity contribution is 1.05. The molecule has 82 valence electrons. The second kappa shape index (κ2) is 3.15. The van der Waals surface area contributed by atoms with Crippen LogP contribution in [0.1, 0.15) is 16.1 Å². The van der Waals surface area contributed by atoms with E-state index in [1.807, 2.05) is 26.2 Å². The minimum atomic E-state index is 0.0700. The third-order valence-electron chi connectivity index (χ3n) is 2.86. The van der Waals surface area contributed by atoms with E-state index in [1.165, 1.54) is 16.2 Å². The molecule has 0 N–H and O–H groups in total. The van der Waals surface area contributed by atoms with Gasteiger partial charge in [-0.25, -0.2) is 4.98 Å². The van der Waals surface area contributed by atoms with E-state index in [-0.39, 0.29) is 5.56 Å². The van der Waals surface area contributed by atoms with Gasteiger partial charge in [0.2, 0.25) is 0 Å². The van der Waals surface area contributed by atoms with Gasteiger partial charge in [0.1, 0.15) is 4.83 Å². The van der Waals surface area contributed by atoms with Crippen molar-refractivity contribution in [2.75, 3.05) is 0 Å². The second-order valence-corrected chi connectivity index (χ2v) is 5.92. The van der Waals surface area contributed by atoms with Crippen molar-refractivity contribution in [3.63, 3.8) is 0 Å². The monoisotopic (exact) mass is 250 g/mol. The van der Waals surface area contributed by atoms with Crippen LogP contribution in [0, 0.1) is 20.8 Å². The molecule has 16 heavy (non-hydrogen) atoms. The van der Waals surface area contributed by atoms with Crippen molar-refractivity contribution in [3.05, 3.63) is 31.9 Å². The van der Waals surface area contributed by atoms with Gasteiger partial charge in [-0.05, 0) is 26.3 Å². The first kappa shape index (κ1) is 9.99. The molecule has 0 amide bonds. The molecule has 3 aromatic heterocycles. The van der Waals surface area contributed by atoms with Gasteiger partial charge in [-0.2, -0.15) is 0 Å². The molecule has 3 aromatic rings. The Morgan fingerprint density at radius 2 is 2.06 bits per heavy atom. The number of thiazole rings is 1. The van der Waals surface area contributed by atoms with E-state index in [0.717, 1.165) is 26.4 Å². The molecule has 0 saturated heterocycles. The van der Waals surface area contributed by atoms with Crippen LogP contribution in [0.2, 0.25) is 0 Å². The van der Waals surface area contributed by atoms with Crippen molar-refractivity contribution < 1.29 is 0 Å². The van der Waals surface area contributed by atoms with Crippen LogP contribution in [0.15, 0.2) is 10.2 Å². The van der Waals surface area contributed by atoms with Crippen molar-refractivity contribution in [2.45, 2.75) is 20.8 Å². The molecule has 0 bridgehead atoms. The van der Waals surface area contributed by atoms with E-state index >= 15 is 0 Å². The highest BCUT2D eigenvalue weighted by atomic mass is 32.1. The highest BCUT2D eigenvalue weighted by Crippen LogP contribution is 2.27. The Morgan fingerprint density at radius 3 is 2.81 bits per heavy atom. The van der Waals surface area contributed by atoms with Crippen LogP contribution in [-0.4, -0.2) is 9.38 Å². The zero-order valence-electron chi connectivity index (χ0n) is 9.20. The largest absolute Gasteiger partial charge is 0.268 e. The molecule has 0 atom stereocenters. The summed E-state index contributed by atoms with van der Waals surface area (Å²) in [6.07, 6.45) is 0. The molecule has 3 rings (SSSR count). The first-order valence-electron chi connectivity index (χ1n) is 4.96. The molecule has 0 aliphatic rings. The normalized spacial score (nSPS) is 11.7. The van der Waals surface area contributed by atoms with Gasteiger partial charge in [0.15, 0.2) is 4.96 Å². The van der Waals surface area contributed by atoms with Gasteiger partial charge in [-0.1, -0.05) is 0 Å². The predicted octanol–water partition coefficient (Wildman–Crippen LogP) is 2.90. The molecule has 0 spiro atoms. The molecule has 0 saturated carbocycles. The van der Waals surface area contributed by atoms with Gasteiger partial charge < -0.3 is 0 Å². The quantitative estimate of drug-likeness (QED) is 0.615. The summed E-state index contributed by atoms with van der Waals surface area (Å²) in [5, 5.41) is 2.75. The van der Waals surface area contributed by atoms with E-state index in [1.54, 1.807) is 15.7 Å². The van der Waals surface area contributed by atoms with Crippen LogP contribution in [0.25, 0.3) is 15.2 Å². The Bertz CT molecular complexity index is 764. The molecule has 5 heteroatoms. The standard InChI is InChI=1S/C11H10N2OS2/c1-5-4-15-11-12-9-8(10(14)13(5)11)6(2)7(3)16-9/h4H,1-3H3. The Hall–Kier alpha value is -1.20. The number of thiophene rings is 1. The summed E-state index contributed by atoms with van der Waals surface area (Å²) in [4.78, 5) is 19.7. The van der Waals surface area contributed by atoms with Crippen molar-refractivity contribution in [1.29, 1.82) is 0 Å². The van der Waals surface area contributed by atoms with Gasteiger partial charge in [0, 0.05) is 16.0 Å². The van der Waals surface area contributed by atoms with Crippen LogP contribution in [0.5, 0.6) is 0 Å². The van der Waals surface area contributed by atoms with E-state index in [9.17, 15) is 4.79 Å². The third-order valence-corrected chi connectivity index (χ3v) is 4.90. The first-order chi connectivity index (χ1) is 7.59. The van der Waals surface area contributed by atoms with E-state index in [0.29, 0.717) is 0 Å². The summed E-state index contributed by atoms with van der Waals surface area (Å²) in [6.45, 7) is 5.96. The average molecular weight is 250 g/mol. The summed E-state index contributed by atoms with van der Waals surface area (Å²) in [6, 6.07) is 0. The topological polar surface area (TPSA) is 34.4 Å². The van der Waals surface area contributed by atoms with Crippen molar-refractivity contribution in [2.24, 2.45) is 0 Å². The highest BCUT2D eigenvalue weighted by Gasteiger charge is 2.14. The number of rotatable bonds is 0. The van der Waals surface area contributed by atoms with E-state index in [2.05, 4.69) is 4.98 Å². The minimum Gasteiger partial charge on any atom is -0.268 e. The summed E-state index contributed by atoms with van der Waals surface area (Å²) in [7, 11) is 0. The van der Waals surface area contributed by atoms with E-state index in [4.69, 9.17) is 0 Å². The fourth-order valence-electron chi connectivity index (χ4n) is 1.86. The smallest absolute Gasteiger partial charge is 0.267 e. The zero-order chi connectivity index (χ0) is 11.4. The predicted molar refractivity (Wildman–Crippen MR) is 68.9 cm³/mol. The van der Waals surface area contributed by atoms with Crippen LogP contribution in [0.4, 0.5) is 0 Å². The molecule has 0 fully saturated rings. The molecule has 0 aromatic carbocycles. The SMILES string of the molecule is Cc1sc2nc3scc(C)n3c(=O)c2c1C. The number of nitrogens with zero attached hydrogens (tertiary/aromatic N) is 2. The zero-order valence-corrected chi connectivity index (χ0v) is 10.8. The lowest BCUT2D eigenvalue weighted by atomic mass is 10.2. The number of aryl methyl sites for hydroxylation is 3.